The van der Waals surface area contributed by atoms with Gasteiger partial charge in [-0.3, -0.25) is 0 Å². The van der Waals surface area contributed by atoms with Crippen LogP contribution >= 0.6 is 0 Å². The first-order chi connectivity index (χ1) is 5.84. The van der Waals surface area contributed by atoms with E-state index in [1.807, 2.05) is 30.3 Å². The van der Waals surface area contributed by atoms with E-state index < -0.39 is 6.10 Å². The fourth-order valence-corrected chi connectivity index (χ4v) is 1.08. The van der Waals surface area contributed by atoms with Crippen molar-refractivity contribution in [3.63, 3.8) is 0 Å². The van der Waals surface area contributed by atoms with Gasteiger partial charge in [-0.2, -0.15) is 0 Å². The Morgan fingerprint density at radius 2 is 2.00 bits per heavy atom. The van der Waals surface area contributed by atoms with Crippen molar-refractivity contribution in [3.05, 3.63) is 35.9 Å². The van der Waals surface area contributed by atoms with E-state index in [4.69, 9.17) is 5.41 Å². The summed E-state index contributed by atoms with van der Waals surface area (Å²) in [6, 6.07) is 9.53. The normalized spacial score (nSPS) is 12.4. The summed E-state index contributed by atoms with van der Waals surface area (Å²) in [5, 5.41) is 16.4. The summed E-state index contributed by atoms with van der Waals surface area (Å²) in [5.41, 5.74) is 0.930. The van der Waals surface area contributed by atoms with Crippen LogP contribution in [0.1, 0.15) is 24.5 Å². The van der Waals surface area contributed by atoms with Crippen molar-refractivity contribution in [1.29, 1.82) is 5.41 Å². The van der Waals surface area contributed by atoms with Crippen LogP contribution in [0.15, 0.2) is 30.3 Å². The van der Waals surface area contributed by atoms with Crippen molar-refractivity contribution in [2.75, 3.05) is 0 Å². The van der Waals surface area contributed by atoms with Gasteiger partial charge in [0.15, 0.2) is 0 Å². The molecule has 0 spiro atoms. The summed E-state index contributed by atoms with van der Waals surface area (Å²) in [6.45, 7) is 0. The van der Waals surface area contributed by atoms with Gasteiger partial charge in [0.05, 0.1) is 6.10 Å². The van der Waals surface area contributed by atoms with Gasteiger partial charge in [0, 0.05) is 0 Å². The fraction of sp³-hybridized carbons (Fsp3) is 0.300. The minimum Gasteiger partial charge on any atom is -0.388 e. The van der Waals surface area contributed by atoms with Crippen LogP contribution in [0.25, 0.3) is 0 Å². The number of aliphatic hydroxyl groups excluding tert-OH is 1. The van der Waals surface area contributed by atoms with Crippen molar-refractivity contribution in [1.82, 2.24) is 0 Å². The second-order valence-corrected chi connectivity index (χ2v) is 2.71. The molecule has 0 fully saturated rings. The molecule has 1 rings (SSSR count). The van der Waals surface area contributed by atoms with Gasteiger partial charge < -0.3 is 10.5 Å². The zero-order valence-corrected chi connectivity index (χ0v) is 6.90. The lowest BCUT2D eigenvalue weighted by molar-refractivity contribution is 0.170. The topological polar surface area (TPSA) is 44.1 Å². The Morgan fingerprint density at radius 1 is 1.33 bits per heavy atom. The van der Waals surface area contributed by atoms with Gasteiger partial charge in [0.25, 0.3) is 0 Å². The van der Waals surface area contributed by atoms with E-state index in [1.165, 1.54) is 6.21 Å². The van der Waals surface area contributed by atoms with Crippen LogP contribution in [-0.2, 0) is 0 Å². The maximum absolute atomic E-state index is 9.55. The average Bonchev–Trinajstić information content (AvgIpc) is 2.15. The highest BCUT2D eigenvalue weighted by atomic mass is 16.3. The first-order valence-corrected chi connectivity index (χ1v) is 4.06. The molecule has 0 aliphatic heterocycles. The molecule has 2 N–H and O–H groups in total. The van der Waals surface area contributed by atoms with E-state index in [9.17, 15) is 5.11 Å². The van der Waals surface area contributed by atoms with Crippen molar-refractivity contribution in [2.24, 2.45) is 0 Å². The fourth-order valence-electron chi connectivity index (χ4n) is 1.08. The molecule has 0 heterocycles. The van der Waals surface area contributed by atoms with Gasteiger partial charge in [-0.15, -0.1) is 0 Å². The van der Waals surface area contributed by atoms with Crippen molar-refractivity contribution in [3.8, 4) is 0 Å². The maximum Gasteiger partial charge on any atom is 0.0793 e. The molecule has 64 valence electrons. The van der Waals surface area contributed by atoms with Gasteiger partial charge in [0.2, 0.25) is 0 Å². The largest absolute Gasteiger partial charge is 0.388 e. The molecule has 1 atom stereocenters. The molecule has 1 aromatic carbocycles. The van der Waals surface area contributed by atoms with Crippen LogP contribution in [0, 0.1) is 5.41 Å². The second kappa shape index (κ2) is 4.67. The summed E-state index contributed by atoms with van der Waals surface area (Å²) in [5.74, 6) is 0. The molecule has 0 aromatic heterocycles. The number of aliphatic hydroxyl groups is 1. The number of hydrogen-bond donors (Lipinski definition) is 2. The maximum atomic E-state index is 9.55. The van der Waals surface area contributed by atoms with Gasteiger partial charge in [0.1, 0.15) is 0 Å². The van der Waals surface area contributed by atoms with Crippen molar-refractivity contribution >= 4 is 6.21 Å². The van der Waals surface area contributed by atoms with Crippen LogP contribution in [0.2, 0.25) is 0 Å². The predicted molar refractivity (Wildman–Crippen MR) is 49.4 cm³/mol. The number of benzene rings is 1. The monoisotopic (exact) mass is 163 g/mol. The number of rotatable bonds is 4. The molecule has 0 bridgehead atoms. The highest BCUT2D eigenvalue weighted by molar-refractivity contribution is 5.52. The Kier molecular flexibility index (Phi) is 3.48. The highest BCUT2D eigenvalue weighted by Crippen LogP contribution is 2.16. The first-order valence-electron chi connectivity index (χ1n) is 4.06. The lowest BCUT2D eigenvalue weighted by atomic mass is 10.1. The smallest absolute Gasteiger partial charge is 0.0793 e. The molecule has 0 aliphatic rings. The van der Waals surface area contributed by atoms with Gasteiger partial charge >= 0.3 is 0 Å². The Bertz CT molecular complexity index is 233. The second-order valence-electron chi connectivity index (χ2n) is 2.71. The standard InChI is InChI=1S/C10H13NO/c11-8-4-7-10(12)9-5-2-1-3-6-9/h1-3,5-6,8,10-12H,4,7H2. The van der Waals surface area contributed by atoms with Crippen LogP contribution in [0.5, 0.6) is 0 Å². The van der Waals surface area contributed by atoms with Gasteiger partial charge in [-0.1, -0.05) is 30.3 Å². The van der Waals surface area contributed by atoms with E-state index in [0.29, 0.717) is 12.8 Å². The van der Waals surface area contributed by atoms with Crippen molar-refractivity contribution < 1.29 is 5.11 Å². The quantitative estimate of drug-likeness (QED) is 0.656. The summed E-state index contributed by atoms with van der Waals surface area (Å²) in [7, 11) is 0. The Labute approximate surface area is 72.4 Å². The molecular formula is C10H13NO. The summed E-state index contributed by atoms with van der Waals surface area (Å²) < 4.78 is 0. The van der Waals surface area contributed by atoms with Crippen LogP contribution < -0.4 is 0 Å². The van der Waals surface area contributed by atoms with E-state index in [1.54, 1.807) is 0 Å². The third-order valence-corrected chi connectivity index (χ3v) is 1.77. The molecule has 0 amide bonds. The zero-order valence-electron chi connectivity index (χ0n) is 6.90. The molecular weight excluding hydrogens is 150 g/mol. The molecule has 0 aliphatic carbocycles. The van der Waals surface area contributed by atoms with Crippen LogP contribution in [0.4, 0.5) is 0 Å². The number of nitrogens with one attached hydrogen (secondary N) is 1. The lowest BCUT2D eigenvalue weighted by Crippen LogP contribution is -1.96. The summed E-state index contributed by atoms with van der Waals surface area (Å²) in [6.07, 6.45) is 2.17. The first kappa shape index (κ1) is 8.94. The molecule has 0 radical (unpaired) electrons. The summed E-state index contributed by atoms with van der Waals surface area (Å²) >= 11 is 0. The average molecular weight is 163 g/mol. The van der Waals surface area contributed by atoms with Crippen molar-refractivity contribution in [2.45, 2.75) is 18.9 Å². The molecule has 1 aromatic rings. The molecule has 0 saturated heterocycles. The molecule has 12 heavy (non-hydrogen) atoms. The molecule has 1 unspecified atom stereocenters. The van der Waals surface area contributed by atoms with E-state index in [0.717, 1.165) is 5.56 Å². The van der Waals surface area contributed by atoms with Crippen LogP contribution in [-0.4, -0.2) is 11.3 Å². The Morgan fingerprint density at radius 3 is 2.58 bits per heavy atom. The lowest BCUT2D eigenvalue weighted by Gasteiger charge is -2.08. The predicted octanol–water partition coefficient (Wildman–Crippen LogP) is 2.15. The zero-order chi connectivity index (χ0) is 8.81. The Hall–Kier alpha value is -1.15. The van der Waals surface area contributed by atoms with Crippen LogP contribution in [0.3, 0.4) is 0 Å². The molecule has 2 nitrogen and oxygen atoms in total. The van der Waals surface area contributed by atoms with E-state index in [-0.39, 0.29) is 0 Å². The SMILES string of the molecule is N=CCCC(O)c1ccccc1. The summed E-state index contributed by atoms with van der Waals surface area (Å²) in [4.78, 5) is 0. The minimum absolute atomic E-state index is 0.423. The molecule has 0 saturated carbocycles. The molecule has 2 heteroatoms. The number of hydrogen-bond acceptors (Lipinski definition) is 2. The van der Waals surface area contributed by atoms with E-state index >= 15 is 0 Å². The Balaban J connectivity index is 2.53. The van der Waals surface area contributed by atoms with E-state index in [2.05, 4.69) is 0 Å². The third kappa shape index (κ3) is 2.47. The van der Waals surface area contributed by atoms with Gasteiger partial charge in [-0.05, 0) is 24.6 Å². The minimum atomic E-state index is -0.423. The third-order valence-electron chi connectivity index (χ3n) is 1.77. The van der Waals surface area contributed by atoms with Gasteiger partial charge in [-0.25, -0.2) is 0 Å². The highest BCUT2D eigenvalue weighted by Gasteiger charge is 2.04.